The number of ketones is 1. The molecule has 0 radical (unpaired) electrons. The molecule has 0 bridgehead atoms. The first-order valence-electron chi connectivity index (χ1n) is 12.7. The second kappa shape index (κ2) is 10.4. The molecule has 0 amide bonds. The Kier molecular flexibility index (Phi) is 8.01. The molecule has 0 unspecified atom stereocenters. The molecule has 5 atom stereocenters. The highest BCUT2D eigenvalue weighted by Gasteiger charge is 2.54. The Morgan fingerprint density at radius 3 is 2.56 bits per heavy atom. The van der Waals surface area contributed by atoms with Crippen molar-refractivity contribution in [2.75, 3.05) is 0 Å². The van der Waals surface area contributed by atoms with E-state index in [4.69, 9.17) is 4.74 Å². The fourth-order valence-electron chi connectivity index (χ4n) is 6.35. The lowest BCUT2D eigenvalue weighted by Gasteiger charge is -2.46. The summed E-state index contributed by atoms with van der Waals surface area (Å²) in [6.07, 6.45) is 10.6. The average molecular weight is 439 g/mol. The van der Waals surface area contributed by atoms with Crippen molar-refractivity contribution in [1.82, 2.24) is 0 Å². The Balaban J connectivity index is 1.93. The molecule has 3 heteroatoms. The van der Waals surface area contributed by atoms with Crippen LogP contribution in [0.3, 0.4) is 0 Å². The number of carbonyl (C=O) groups is 2. The van der Waals surface area contributed by atoms with Gasteiger partial charge in [-0.2, -0.15) is 0 Å². The predicted octanol–water partition coefficient (Wildman–Crippen LogP) is 7.04. The van der Waals surface area contributed by atoms with E-state index in [1.807, 2.05) is 19.1 Å². The van der Waals surface area contributed by atoms with E-state index >= 15 is 0 Å². The number of hydrogen-bond donors (Lipinski definition) is 0. The van der Waals surface area contributed by atoms with E-state index in [9.17, 15) is 9.59 Å². The van der Waals surface area contributed by atoms with Crippen LogP contribution < -0.4 is 0 Å². The highest BCUT2D eigenvalue weighted by atomic mass is 16.5. The van der Waals surface area contributed by atoms with E-state index in [0.717, 1.165) is 38.5 Å². The number of Topliss-reactive ketones (excluding diaryl/α,β-unsaturated/α-hetero) is 1. The molecule has 0 heterocycles. The van der Waals surface area contributed by atoms with E-state index in [1.54, 1.807) is 0 Å². The number of rotatable bonds is 7. The van der Waals surface area contributed by atoms with Gasteiger partial charge >= 0.3 is 5.97 Å². The lowest BCUT2D eigenvalue weighted by Crippen LogP contribution is -2.51. The Labute approximate surface area is 195 Å². The number of allylic oxidation sites excluding steroid dienone is 2. The van der Waals surface area contributed by atoms with Crippen LogP contribution in [0.15, 0.2) is 42.5 Å². The first-order valence-corrected chi connectivity index (χ1v) is 12.7. The Morgan fingerprint density at radius 2 is 1.91 bits per heavy atom. The molecule has 3 nitrogen and oxygen atoms in total. The molecule has 32 heavy (non-hydrogen) atoms. The second-order valence-corrected chi connectivity index (χ2v) is 10.7. The van der Waals surface area contributed by atoms with Crippen molar-refractivity contribution in [1.29, 1.82) is 0 Å². The quantitative estimate of drug-likeness (QED) is 0.260. The van der Waals surface area contributed by atoms with Crippen molar-refractivity contribution in [2.24, 2.45) is 23.2 Å². The molecule has 2 fully saturated rings. The Morgan fingerprint density at radius 1 is 1.19 bits per heavy atom. The summed E-state index contributed by atoms with van der Waals surface area (Å²) in [5.74, 6) is 0.526. The Hall–Kier alpha value is -1.90. The standard InChI is InChI=1S/C29H42O3/c1-6-12-23-15-11-16-26(30)29(23,19-7-2)27(31)32-25-20-21(3)17-18-24(25)28(4,5)22-13-9-8-10-14-22/h6,8-10,12-14,21,23-25H,7,11,15-20H2,1-5H3/b12-6+/t21-,23-,24-,25-,29+/m1/s1. The third-order valence-corrected chi connectivity index (χ3v) is 8.24. The third-order valence-electron chi connectivity index (χ3n) is 8.24. The monoisotopic (exact) mass is 438 g/mol. The highest BCUT2D eigenvalue weighted by Crippen LogP contribution is 2.48. The molecule has 0 aromatic heterocycles. The number of hydrogen-bond acceptors (Lipinski definition) is 3. The minimum atomic E-state index is -1.01. The zero-order chi connectivity index (χ0) is 23.4. The lowest BCUT2D eigenvalue weighted by atomic mass is 9.62. The van der Waals surface area contributed by atoms with Gasteiger partial charge in [0.05, 0.1) is 0 Å². The van der Waals surface area contributed by atoms with Gasteiger partial charge in [-0.1, -0.05) is 83.0 Å². The van der Waals surface area contributed by atoms with Crippen LogP contribution in [0.5, 0.6) is 0 Å². The number of ether oxygens (including phenoxy) is 1. The summed E-state index contributed by atoms with van der Waals surface area (Å²) in [5, 5.41) is 0. The number of benzene rings is 1. The fraction of sp³-hybridized carbons (Fsp3) is 0.655. The van der Waals surface area contributed by atoms with Crippen LogP contribution in [0.25, 0.3) is 0 Å². The molecule has 0 saturated heterocycles. The summed E-state index contributed by atoms with van der Waals surface area (Å²) in [5.41, 5.74) is 0.162. The van der Waals surface area contributed by atoms with Crippen LogP contribution in [-0.2, 0) is 19.7 Å². The molecule has 0 aliphatic heterocycles. The van der Waals surface area contributed by atoms with E-state index in [2.05, 4.69) is 58.0 Å². The lowest BCUT2D eigenvalue weighted by molar-refractivity contribution is -0.177. The molecule has 2 saturated carbocycles. The topological polar surface area (TPSA) is 43.4 Å². The molecular weight excluding hydrogens is 396 g/mol. The third kappa shape index (κ3) is 4.72. The van der Waals surface area contributed by atoms with E-state index in [1.165, 1.54) is 5.56 Å². The smallest absolute Gasteiger partial charge is 0.320 e. The van der Waals surface area contributed by atoms with Gasteiger partial charge < -0.3 is 4.74 Å². The summed E-state index contributed by atoms with van der Waals surface area (Å²) in [7, 11) is 0. The van der Waals surface area contributed by atoms with Crippen LogP contribution in [0.1, 0.15) is 91.5 Å². The number of carbonyl (C=O) groups excluding carboxylic acids is 2. The van der Waals surface area contributed by atoms with Gasteiger partial charge in [0.15, 0.2) is 5.78 Å². The van der Waals surface area contributed by atoms with Crippen molar-refractivity contribution in [2.45, 2.75) is 97.5 Å². The molecule has 176 valence electrons. The molecule has 0 N–H and O–H groups in total. The molecule has 1 aromatic rings. The van der Waals surface area contributed by atoms with Crippen LogP contribution in [0.4, 0.5) is 0 Å². The van der Waals surface area contributed by atoms with Crippen LogP contribution in [0, 0.1) is 23.2 Å². The normalized spacial score (nSPS) is 31.6. The van der Waals surface area contributed by atoms with Crippen LogP contribution >= 0.6 is 0 Å². The number of esters is 1. The van der Waals surface area contributed by atoms with Gasteiger partial charge in [-0.3, -0.25) is 9.59 Å². The van der Waals surface area contributed by atoms with Gasteiger partial charge in [-0.25, -0.2) is 0 Å². The zero-order valence-corrected chi connectivity index (χ0v) is 20.7. The summed E-state index contributed by atoms with van der Waals surface area (Å²) in [6, 6.07) is 10.6. The summed E-state index contributed by atoms with van der Waals surface area (Å²) in [6.45, 7) is 10.8. The Bertz CT molecular complexity index is 809. The van der Waals surface area contributed by atoms with Crippen LogP contribution in [0.2, 0.25) is 0 Å². The SMILES string of the molecule is C/C=C/[C@@H]1CCCC(=O)[C@@]1(CCC)C(=O)O[C@@H]1C[C@H](C)CC[C@H]1C(C)(C)c1ccccc1. The van der Waals surface area contributed by atoms with Gasteiger partial charge in [0, 0.05) is 12.3 Å². The van der Waals surface area contributed by atoms with E-state index in [0.29, 0.717) is 18.8 Å². The molecule has 0 spiro atoms. The summed E-state index contributed by atoms with van der Waals surface area (Å²) < 4.78 is 6.43. The predicted molar refractivity (Wildman–Crippen MR) is 130 cm³/mol. The second-order valence-electron chi connectivity index (χ2n) is 10.7. The van der Waals surface area contributed by atoms with E-state index < -0.39 is 5.41 Å². The van der Waals surface area contributed by atoms with Gasteiger partial charge in [-0.15, -0.1) is 0 Å². The molecule has 1 aromatic carbocycles. The molecule has 2 aliphatic carbocycles. The maximum atomic E-state index is 13.9. The highest BCUT2D eigenvalue weighted by molar-refractivity contribution is 6.05. The fourth-order valence-corrected chi connectivity index (χ4v) is 6.35. The zero-order valence-electron chi connectivity index (χ0n) is 20.7. The van der Waals surface area contributed by atoms with Crippen molar-refractivity contribution in [3.05, 3.63) is 48.0 Å². The maximum Gasteiger partial charge on any atom is 0.320 e. The van der Waals surface area contributed by atoms with Crippen molar-refractivity contribution in [3.8, 4) is 0 Å². The minimum Gasteiger partial charge on any atom is -0.461 e. The average Bonchev–Trinajstić information content (AvgIpc) is 2.77. The maximum absolute atomic E-state index is 13.9. The first-order chi connectivity index (χ1) is 15.3. The van der Waals surface area contributed by atoms with E-state index in [-0.39, 0.29) is 35.1 Å². The summed E-state index contributed by atoms with van der Waals surface area (Å²) >= 11 is 0. The molecular formula is C29H42O3. The molecule has 3 rings (SSSR count). The molecule has 2 aliphatic rings. The van der Waals surface area contributed by atoms with Crippen molar-refractivity contribution < 1.29 is 14.3 Å². The van der Waals surface area contributed by atoms with Crippen LogP contribution in [-0.4, -0.2) is 17.9 Å². The van der Waals surface area contributed by atoms with Gasteiger partial charge in [0.2, 0.25) is 0 Å². The van der Waals surface area contributed by atoms with Gasteiger partial charge in [0.25, 0.3) is 0 Å². The largest absolute Gasteiger partial charge is 0.461 e. The minimum absolute atomic E-state index is 0.0530. The van der Waals surface area contributed by atoms with Gasteiger partial charge in [0.1, 0.15) is 11.5 Å². The van der Waals surface area contributed by atoms with Crippen molar-refractivity contribution in [3.63, 3.8) is 0 Å². The first kappa shape index (κ1) is 24.7. The van der Waals surface area contributed by atoms with Crippen molar-refractivity contribution >= 4 is 11.8 Å². The summed E-state index contributed by atoms with van der Waals surface area (Å²) in [4.78, 5) is 27.2. The van der Waals surface area contributed by atoms with Gasteiger partial charge in [-0.05, 0) is 61.8 Å².